The third-order valence-electron chi connectivity index (χ3n) is 4.63. The van der Waals surface area contributed by atoms with E-state index < -0.39 is 0 Å². The molecule has 0 aromatic heterocycles. The lowest BCUT2D eigenvalue weighted by molar-refractivity contribution is 0.0665. The van der Waals surface area contributed by atoms with Crippen molar-refractivity contribution in [2.24, 2.45) is 0 Å². The molecule has 1 saturated heterocycles. The minimum Gasteiger partial charge on any atom is -0.338 e. The van der Waals surface area contributed by atoms with Crippen molar-refractivity contribution in [2.45, 2.75) is 6.42 Å². The maximum Gasteiger partial charge on any atom is 0.317 e. The number of piperazine rings is 1. The minimum atomic E-state index is -0.101. The predicted molar refractivity (Wildman–Crippen MR) is 102 cm³/mol. The molecule has 6 heteroatoms. The van der Waals surface area contributed by atoms with Crippen LogP contribution >= 0.6 is 0 Å². The lowest BCUT2D eigenvalue weighted by Gasteiger charge is -2.34. The van der Waals surface area contributed by atoms with Gasteiger partial charge in [-0.05, 0) is 30.2 Å². The van der Waals surface area contributed by atoms with Crippen LogP contribution in [0.3, 0.4) is 0 Å². The van der Waals surface area contributed by atoms with E-state index in [-0.39, 0.29) is 11.9 Å². The van der Waals surface area contributed by atoms with Crippen LogP contribution in [0.2, 0.25) is 0 Å². The molecule has 0 bridgehead atoms. The average Bonchev–Trinajstić information content (AvgIpc) is 2.74. The second-order valence-corrected chi connectivity index (χ2v) is 6.44. The van der Waals surface area contributed by atoms with Crippen LogP contribution in [-0.4, -0.2) is 54.5 Å². The normalized spacial score (nSPS) is 13.7. The van der Waals surface area contributed by atoms with Gasteiger partial charge in [-0.15, -0.1) is 0 Å². The van der Waals surface area contributed by atoms with Crippen LogP contribution < -0.4 is 5.32 Å². The SMILES string of the molecule is N#Cc1cccc(C(=O)N2CCN(C(=O)NCCc3ccccc3)CC2)c1. The zero-order chi connectivity index (χ0) is 19.1. The number of nitriles is 1. The molecule has 27 heavy (non-hydrogen) atoms. The zero-order valence-electron chi connectivity index (χ0n) is 15.1. The molecule has 3 amide bonds. The molecule has 2 aromatic rings. The van der Waals surface area contributed by atoms with Crippen LogP contribution in [0.4, 0.5) is 4.79 Å². The van der Waals surface area contributed by atoms with Gasteiger partial charge in [0.1, 0.15) is 0 Å². The van der Waals surface area contributed by atoms with E-state index in [0.29, 0.717) is 43.9 Å². The molecular formula is C21H22N4O2. The van der Waals surface area contributed by atoms with E-state index in [1.54, 1.807) is 34.1 Å². The zero-order valence-corrected chi connectivity index (χ0v) is 15.1. The van der Waals surface area contributed by atoms with Gasteiger partial charge in [0.25, 0.3) is 5.91 Å². The highest BCUT2D eigenvalue weighted by molar-refractivity contribution is 5.94. The molecular weight excluding hydrogens is 340 g/mol. The number of carbonyl (C=O) groups excluding carboxylic acids is 2. The average molecular weight is 362 g/mol. The van der Waals surface area contributed by atoms with Crippen molar-refractivity contribution >= 4 is 11.9 Å². The number of nitrogens with one attached hydrogen (secondary N) is 1. The highest BCUT2D eigenvalue weighted by atomic mass is 16.2. The maximum absolute atomic E-state index is 12.6. The lowest BCUT2D eigenvalue weighted by atomic mass is 10.1. The molecule has 0 radical (unpaired) electrons. The number of rotatable bonds is 4. The molecule has 6 nitrogen and oxygen atoms in total. The summed E-state index contributed by atoms with van der Waals surface area (Å²) in [6.07, 6.45) is 0.792. The Labute approximate surface area is 159 Å². The molecule has 1 fully saturated rings. The van der Waals surface area contributed by atoms with Crippen molar-refractivity contribution in [3.05, 3.63) is 71.3 Å². The van der Waals surface area contributed by atoms with Crippen molar-refractivity contribution < 1.29 is 9.59 Å². The van der Waals surface area contributed by atoms with Crippen molar-refractivity contribution in [3.8, 4) is 6.07 Å². The summed E-state index contributed by atoms with van der Waals surface area (Å²) in [7, 11) is 0. The van der Waals surface area contributed by atoms with E-state index in [1.165, 1.54) is 5.56 Å². The Bertz CT molecular complexity index is 837. The van der Waals surface area contributed by atoms with Crippen LogP contribution in [0.15, 0.2) is 54.6 Å². The molecule has 3 rings (SSSR count). The molecule has 0 atom stereocenters. The van der Waals surface area contributed by atoms with E-state index in [0.717, 1.165) is 6.42 Å². The Kier molecular flexibility index (Phi) is 6.06. The van der Waals surface area contributed by atoms with Crippen LogP contribution in [-0.2, 0) is 6.42 Å². The summed E-state index contributed by atoms with van der Waals surface area (Å²) in [4.78, 5) is 28.3. The first-order chi connectivity index (χ1) is 13.2. The van der Waals surface area contributed by atoms with Gasteiger partial charge in [0.2, 0.25) is 0 Å². The smallest absolute Gasteiger partial charge is 0.317 e. The molecule has 1 aliphatic heterocycles. The first-order valence-electron chi connectivity index (χ1n) is 9.03. The maximum atomic E-state index is 12.6. The molecule has 0 unspecified atom stereocenters. The summed E-state index contributed by atoms with van der Waals surface area (Å²) in [6.45, 7) is 2.56. The molecule has 0 saturated carbocycles. The van der Waals surface area contributed by atoms with Gasteiger partial charge < -0.3 is 15.1 Å². The van der Waals surface area contributed by atoms with Gasteiger partial charge in [0.15, 0.2) is 0 Å². The number of hydrogen-bond acceptors (Lipinski definition) is 3. The van der Waals surface area contributed by atoms with Gasteiger partial charge in [0.05, 0.1) is 11.6 Å². The van der Waals surface area contributed by atoms with Crippen molar-refractivity contribution in [1.29, 1.82) is 5.26 Å². The lowest BCUT2D eigenvalue weighted by Crippen LogP contribution is -2.53. The number of urea groups is 1. The van der Waals surface area contributed by atoms with Gasteiger partial charge in [-0.1, -0.05) is 36.4 Å². The number of nitrogens with zero attached hydrogens (tertiary/aromatic N) is 3. The van der Waals surface area contributed by atoms with Gasteiger partial charge in [0, 0.05) is 38.3 Å². The minimum absolute atomic E-state index is 0.0930. The molecule has 1 aliphatic rings. The van der Waals surface area contributed by atoms with E-state index >= 15 is 0 Å². The number of carbonyl (C=O) groups is 2. The fourth-order valence-electron chi connectivity index (χ4n) is 3.09. The monoisotopic (exact) mass is 362 g/mol. The second-order valence-electron chi connectivity index (χ2n) is 6.44. The summed E-state index contributed by atoms with van der Waals surface area (Å²) in [5.41, 5.74) is 2.17. The predicted octanol–water partition coefficient (Wildman–Crippen LogP) is 2.27. The molecule has 1 heterocycles. The molecule has 0 aliphatic carbocycles. The third kappa shape index (κ3) is 4.85. The van der Waals surface area contributed by atoms with Gasteiger partial charge in [-0.2, -0.15) is 5.26 Å². The summed E-state index contributed by atoms with van der Waals surface area (Å²) >= 11 is 0. The van der Waals surface area contributed by atoms with E-state index in [2.05, 4.69) is 5.32 Å². The number of benzene rings is 2. The Balaban J connectivity index is 1.46. The Morgan fingerprint density at radius 2 is 1.67 bits per heavy atom. The van der Waals surface area contributed by atoms with Gasteiger partial charge >= 0.3 is 6.03 Å². The van der Waals surface area contributed by atoms with E-state index in [9.17, 15) is 9.59 Å². The third-order valence-corrected chi connectivity index (χ3v) is 4.63. The van der Waals surface area contributed by atoms with E-state index in [4.69, 9.17) is 5.26 Å². The summed E-state index contributed by atoms with van der Waals surface area (Å²) < 4.78 is 0. The Morgan fingerprint density at radius 1 is 0.963 bits per heavy atom. The standard InChI is InChI=1S/C21H22N4O2/c22-16-18-7-4-8-19(15-18)20(26)24-11-13-25(14-12-24)21(27)23-10-9-17-5-2-1-3-6-17/h1-8,15H,9-14H2,(H,23,27). The van der Waals surface area contributed by atoms with Gasteiger partial charge in [-0.25, -0.2) is 4.79 Å². The van der Waals surface area contributed by atoms with Crippen LogP contribution in [0.1, 0.15) is 21.5 Å². The van der Waals surface area contributed by atoms with Gasteiger partial charge in [-0.3, -0.25) is 4.79 Å². The van der Waals surface area contributed by atoms with Crippen molar-refractivity contribution in [1.82, 2.24) is 15.1 Å². The number of hydrogen-bond donors (Lipinski definition) is 1. The summed E-state index contributed by atoms with van der Waals surface area (Å²) in [6, 6.07) is 18.7. The summed E-state index contributed by atoms with van der Waals surface area (Å²) in [5, 5.41) is 11.9. The molecule has 138 valence electrons. The highest BCUT2D eigenvalue weighted by Crippen LogP contribution is 2.11. The second kappa shape index (κ2) is 8.86. The first-order valence-corrected chi connectivity index (χ1v) is 9.03. The van der Waals surface area contributed by atoms with E-state index in [1.807, 2.05) is 36.4 Å². The molecule has 0 spiro atoms. The first kappa shape index (κ1) is 18.5. The topological polar surface area (TPSA) is 76.4 Å². The molecule has 2 aromatic carbocycles. The summed E-state index contributed by atoms with van der Waals surface area (Å²) in [5.74, 6) is -0.101. The van der Waals surface area contributed by atoms with Crippen molar-refractivity contribution in [3.63, 3.8) is 0 Å². The fraction of sp³-hybridized carbons (Fsp3) is 0.286. The number of amides is 3. The quantitative estimate of drug-likeness (QED) is 0.906. The van der Waals surface area contributed by atoms with Crippen molar-refractivity contribution in [2.75, 3.05) is 32.7 Å². The largest absolute Gasteiger partial charge is 0.338 e. The Hall–Kier alpha value is -3.33. The molecule has 1 N–H and O–H groups in total. The van der Waals surface area contributed by atoms with Crippen LogP contribution in [0, 0.1) is 11.3 Å². The van der Waals surface area contributed by atoms with Crippen LogP contribution in [0.25, 0.3) is 0 Å². The van der Waals surface area contributed by atoms with Crippen LogP contribution in [0.5, 0.6) is 0 Å². The highest BCUT2D eigenvalue weighted by Gasteiger charge is 2.24. The fourth-order valence-corrected chi connectivity index (χ4v) is 3.09. The Morgan fingerprint density at radius 3 is 2.37 bits per heavy atom.